The van der Waals surface area contributed by atoms with Crippen LogP contribution in [-0.2, 0) is 5.60 Å². The number of hydrogen-bond donors (Lipinski definition) is 1. The van der Waals surface area contributed by atoms with Gasteiger partial charge in [0.15, 0.2) is 0 Å². The van der Waals surface area contributed by atoms with Crippen LogP contribution in [0.25, 0.3) is 11.1 Å². The van der Waals surface area contributed by atoms with Crippen molar-refractivity contribution in [3.05, 3.63) is 107 Å². The Bertz CT molecular complexity index is 874. The fourth-order valence-corrected chi connectivity index (χ4v) is 3.57. The summed E-state index contributed by atoms with van der Waals surface area (Å²) in [6, 6.07) is 28.6. The van der Waals surface area contributed by atoms with Crippen molar-refractivity contribution in [1.82, 2.24) is 0 Å². The van der Waals surface area contributed by atoms with E-state index in [9.17, 15) is 5.11 Å². The van der Waals surface area contributed by atoms with Gasteiger partial charge in [-0.05, 0) is 34.8 Å². The smallest absolute Gasteiger partial charge is 0.114 e. The summed E-state index contributed by atoms with van der Waals surface area (Å²) in [7, 11) is 0. The van der Waals surface area contributed by atoms with Crippen LogP contribution in [0.1, 0.15) is 29.2 Å². The summed E-state index contributed by atoms with van der Waals surface area (Å²) in [4.78, 5) is 0. The maximum Gasteiger partial charge on any atom is 0.114 e. The van der Waals surface area contributed by atoms with Gasteiger partial charge < -0.3 is 5.11 Å². The van der Waals surface area contributed by atoms with Crippen LogP contribution >= 0.6 is 0 Å². The Hall–Kier alpha value is -2.64. The molecule has 4 rings (SSSR count). The second-order valence-electron chi connectivity index (χ2n) is 6.10. The van der Waals surface area contributed by atoms with E-state index < -0.39 is 5.60 Å². The second-order valence-corrected chi connectivity index (χ2v) is 6.10. The highest BCUT2D eigenvalue weighted by Crippen LogP contribution is 2.51. The number of hydrogen-bond acceptors (Lipinski definition) is 1. The van der Waals surface area contributed by atoms with Crippen molar-refractivity contribution in [1.29, 1.82) is 0 Å². The molecule has 0 aromatic heterocycles. The van der Waals surface area contributed by atoms with E-state index in [1.54, 1.807) is 0 Å². The minimum Gasteiger partial charge on any atom is -0.381 e. The average Bonchev–Trinajstić information content (AvgIpc) is 2.84. The molecule has 112 valence electrons. The lowest BCUT2D eigenvalue weighted by Crippen LogP contribution is -2.20. The van der Waals surface area contributed by atoms with Crippen molar-refractivity contribution >= 4 is 11.1 Å². The van der Waals surface area contributed by atoms with Crippen LogP contribution in [-0.4, -0.2) is 5.11 Å². The van der Waals surface area contributed by atoms with Crippen LogP contribution in [0.5, 0.6) is 0 Å². The summed E-state index contributed by atoms with van der Waals surface area (Å²) >= 11 is 0. The summed E-state index contributed by atoms with van der Waals surface area (Å²) in [5.41, 5.74) is 5.38. The second kappa shape index (κ2) is 5.22. The van der Waals surface area contributed by atoms with Crippen molar-refractivity contribution in [2.45, 2.75) is 12.5 Å². The molecule has 23 heavy (non-hydrogen) atoms. The molecule has 1 nitrogen and oxygen atoms in total. The van der Waals surface area contributed by atoms with Crippen molar-refractivity contribution in [2.75, 3.05) is 0 Å². The number of aliphatic hydroxyl groups is 1. The third-order valence-corrected chi connectivity index (χ3v) is 4.58. The summed E-state index contributed by atoms with van der Waals surface area (Å²) in [6.07, 6.45) is 0. The SMILES string of the molecule is CC1(O)C(c2ccccc2)=C(c2ccccc2)c2ccccc21. The average molecular weight is 298 g/mol. The maximum absolute atomic E-state index is 11.3. The lowest BCUT2D eigenvalue weighted by molar-refractivity contribution is 0.125. The van der Waals surface area contributed by atoms with Gasteiger partial charge in [-0.2, -0.15) is 0 Å². The fraction of sp³-hybridized carbons (Fsp3) is 0.0909. The number of benzene rings is 3. The molecular formula is C22H18O. The Labute approximate surface area is 136 Å². The first kappa shape index (κ1) is 14.0. The van der Waals surface area contributed by atoms with Crippen molar-refractivity contribution in [3.63, 3.8) is 0 Å². The molecule has 0 aliphatic heterocycles. The van der Waals surface area contributed by atoms with E-state index in [-0.39, 0.29) is 0 Å². The monoisotopic (exact) mass is 298 g/mol. The molecule has 1 aliphatic carbocycles. The number of fused-ring (bicyclic) bond motifs is 1. The van der Waals surface area contributed by atoms with Crippen molar-refractivity contribution in [3.8, 4) is 0 Å². The van der Waals surface area contributed by atoms with Gasteiger partial charge in [0.1, 0.15) is 5.60 Å². The third-order valence-electron chi connectivity index (χ3n) is 4.58. The van der Waals surface area contributed by atoms with E-state index in [0.29, 0.717) is 0 Å². The van der Waals surface area contributed by atoms with E-state index in [4.69, 9.17) is 0 Å². The molecule has 1 atom stereocenters. The molecule has 1 aliphatic rings. The summed E-state index contributed by atoms with van der Waals surface area (Å²) < 4.78 is 0. The van der Waals surface area contributed by atoms with Crippen LogP contribution in [0.2, 0.25) is 0 Å². The predicted octanol–water partition coefficient (Wildman–Crippen LogP) is 4.87. The van der Waals surface area contributed by atoms with Crippen LogP contribution in [0.15, 0.2) is 84.9 Å². The first-order chi connectivity index (χ1) is 11.2. The van der Waals surface area contributed by atoms with Crippen molar-refractivity contribution in [2.24, 2.45) is 0 Å². The van der Waals surface area contributed by atoms with E-state index in [1.807, 2.05) is 61.5 Å². The Kier molecular flexibility index (Phi) is 3.17. The predicted molar refractivity (Wildman–Crippen MR) is 94.8 cm³/mol. The normalized spacial score (nSPS) is 19.7. The first-order valence-electron chi connectivity index (χ1n) is 7.87. The quantitative estimate of drug-likeness (QED) is 0.716. The van der Waals surface area contributed by atoms with Gasteiger partial charge in [-0.3, -0.25) is 0 Å². The molecule has 0 bridgehead atoms. The van der Waals surface area contributed by atoms with Crippen LogP contribution in [0, 0.1) is 0 Å². The Balaban J connectivity index is 2.08. The highest BCUT2D eigenvalue weighted by atomic mass is 16.3. The molecule has 0 fully saturated rings. The third kappa shape index (κ3) is 2.13. The van der Waals surface area contributed by atoms with Crippen LogP contribution in [0.4, 0.5) is 0 Å². The molecule has 1 unspecified atom stereocenters. The van der Waals surface area contributed by atoms with E-state index in [0.717, 1.165) is 33.4 Å². The van der Waals surface area contributed by atoms with E-state index in [1.165, 1.54) is 0 Å². The molecule has 0 heterocycles. The van der Waals surface area contributed by atoms with Crippen molar-refractivity contribution < 1.29 is 5.11 Å². The Morgan fingerprint density at radius 1 is 0.652 bits per heavy atom. The minimum atomic E-state index is -0.997. The van der Waals surface area contributed by atoms with Crippen LogP contribution in [0.3, 0.4) is 0 Å². The largest absolute Gasteiger partial charge is 0.381 e. The zero-order valence-electron chi connectivity index (χ0n) is 13.0. The maximum atomic E-state index is 11.3. The summed E-state index contributed by atoms with van der Waals surface area (Å²) in [6.45, 7) is 1.89. The molecule has 1 heteroatoms. The summed E-state index contributed by atoms with van der Waals surface area (Å²) in [5, 5.41) is 11.3. The topological polar surface area (TPSA) is 20.2 Å². The van der Waals surface area contributed by atoms with Gasteiger partial charge in [0.2, 0.25) is 0 Å². The number of rotatable bonds is 2. The fourth-order valence-electron chi connectivity index (χ4n) is 3.57. The zero-order chi connectivity index (χ0) is 15.9. The van der Waals surface area contributed by atoms with Crippen LogP contribution < -0.4 is 0 Å². The van der Waals surface area contributed by atoms with Gasteiger partial charge >= 0.3 is 0 Å². The molecular weight excluding hydrogens is 280 g/mol. The molecule has 0 spiro atoms. The highest BCUT2D eigenvalue weighted by Gasteiger charge is 2.40. The van der Waals surface area contributed by atoms with E-state index >= 15 is 0 Å². The van der Waals surface area contributed by atoms with Gasteiger partial charge in [0, 0.05) is 5.57 Å². The molecule has 0 saturated carbocycles. The highest BCUT2D eigenvalue weighted by molar-refractivity contribution is 6.06. The van der Waals surface area contributed by atoms with Gasteiger partial charge in [-0.15, -0.1) is 0 Å². The summed E-state index contributed by atoms with van der Waals surface area (Å²) in [5.74, 6) is 0. The Morgan fingerprint density at radius 2 is 1.17 bits per heavy atom. The minimum absolute atomic E-state index is 0.970. The van der Waals surface area contributed by atoms with E-state index in [2.05, 4.69) is 30.3 Å². The van der Waals surface area contributed by atoms with Gasteiger partial charge in [0.05, 0.1) is 0 Å². The zero-order valence-corrected chi connectivity index (χ0v) is 13.0. The first-order valence-corrected chi connectivity index (χ1v) is 7.87. The molecule has 0 radical (unpaired) electrons. The lowest BCUT2D eigenvalue weighted by atomic mass is 9.87. The molecule has 0 saturated heterocycles. The molecule has 0 amide bonds. The molecule has 3 aromatic rings. The standard InChI is InChI=1S/C22H18O/c1-22(23)19-15-9-8-14-18(19)20(16-10-4-2-5-11-16)21(22)17-12-6-3-7-13-17/h2-15,23H,1H3. The van der Waals surface area contributed by atoms with Gasteiger partial charge in [0.25, 0.3) is 0 Å². The molecule has 1 N–H and O–H groups in total. The molecule has 3 aromatic carbocycles. The lowest BCUT2D eigenvalue weighted by Gasteiger charge is -2.23. The van der Waals surface area contributed by atoms with Gasteiger partial charge in [-0.25, -0.2) is 0 Å². The Morgan fingerprint density at radius 3 is 1.83 bits per heavy atom. The van der Waals surface area contributed by atoms with Gasteiger partial charge in [-0.1, -0.05) is 84.9 Å².